The minimum Gasteiger partial charge on any atom is -0.508 e. The van der Waals surface area contributed by atoms with Crippen molar-refractivity contribution in [2.75, 3.05) is 13.1 Å². The Bertz CT molecular complexity index is 685. The van der Waals surface area contributed by atoms with Gasteiger partial charge in [0.15, 0.2) is 0 Å². The van der Waals surface area contributed by atoms with E-state index in [4.69, 9.17) is 0 Å². The van der Waals surface area contributed by atoms with Gasteiger partial charge >= 0.3 is 5.97 Å². The molecule has 4 nitrogen and oxygen atoms in total. The van der Waals surface area contributed by atoms with Crippen LogP contribution in [0.4, 0.5) is 0 Å². The molecule has 2 rings (SSSR count). The zero-order chi connectivity index (χ0) is 18.9. The predicted octanol–water partition coefficient (Wildman–Crippen LogP) is 4.06. The van der Waals surface area contributed by atoms with E-state index in [0.29, 0.717) is 24.8 Å². The number of aromatic hydroxyl groups is 1. The number of carbonyl (C=O) groups is 1. The number of carboxylic acids is 1. The molecule has 0 heterocycles. The average molecular weight is 355 g/mol. The van der Waals surface area contributed by atoms with Crippen molar-refractivity contribution >= 4 is 5.97 Å². The minimum absolute atomic E-state index is 0.287. The number of hydrogen-bond acceptors (Lipinski definition) is 3. The Kier molecular flexibility index (Phi) is 7.67. The maximum atomic E-state index is 11.5. The van der Waals surface area contributed by atoms with Crippen molar-refractivity contribution < 1.29 is 15.0 Å². The fraction of sp³-hybridized carbons (Fsp3) is 0.409. The summed E-state index contributed by atoms with van der Waals surface area (Å²) in [7, 11) is 0. The molecule has 0 aliphatic carbocycles. The second kappa shape index (κ2) is 9.97. The van der Waals surface area contributed by atoms with E-state index in [9.17, 15) is 15.0 Å². The Labute approximate surface area is 155 Å². The van der Waals surface area contributed by atoms with Crippen LogP contribution in [0, 0.1) is 11.8 Å². The molecule has 0 bridgehead atoms. The molecule has 0 radical (unpaired) electrons. The standard InChI is InChI=1S/C22H29NO3/c1-16(2)21(18-9-6-10-20(24)14-18)11-12-23-15-19(22(25)26)13-17-7-4-3-5-8-17/h3-10,14,16,19,21,23-24H,11-13,15H2,1-2H3,(H,25,26)/t19-,21?/m0/s1. The molecule has 0 aliphatic heterocycles. The number of nitrogens with one attached hydrogen (secondary N) is 1. The third kappa shape index (κ3) is 6.19. The molecular weight excluding hydrogens is 326 g/mol. The van der Waals surface area contributed by atoms with Crippen molar-refractivity contribution in [2.24, 2.45) is 11.8 Å². The maximum Gasteiger partial charge on any atom is 0.308 e. The summed E-state index contributed by atoms with van der Waals surface area (Å²) in [6.07, 6.45) is 1.43. The van der Waals surface area contributed by atoms with Crippen molar-refractivity contribution in [3.63, 3.8) is 0 Å². The van der Waals surface area contributed by atoms with Crippen molar-refractivity contribution in [2.45, 2.75) is 32.6 Å². The fourth-order valence-electron chi connectivity index (χ4n) is 3.32. The van der Waals surface area contributed by atoms with Crippen LogP contribution in [0.3, 0.4) is 0 Å². The lowest BCUT2D eigenvalue weighted by Gasteiger charge is -2.22. The van der Waals surface area contributed by atoms with E-state index in [1.807, 2.05) is 48.5 Å². The Hall–Kier alpha value is -2.33. The van der Waals surface area contributed by atoms with Crippen LogP contribution in [0.1, 0.15) is 37.3 Å². The molecular formula is C22H29NO3. The highest BCUT2D eigenvalue weighted by Crippen LogP contribution is 2.29. The summed E-state index contributed by atoms with van der Waals surface area (Å²) in [5.74, 6) is -0.148. The first-order valence-electron chi connectivity index (χ1n) is 9.23. The van der Waals surface area contributed by atoms with E-state index in [-0.39, 0.29) is 5.75 Å². The van der Waals surface area contributed by atoms with Crippen molar-refractivity contribution in [3.8, 4) is 5.75 Å². The number of rotatable bonds is 10. The highest BCUT2D eigenvalue weighted by Gasteiger charge is 2.19. The van der Waals surface area contributed by atoms with Gasteiger partial charge in [-0.25, -0.2) is 0 Å². The molecule has 0 aromatic heterocycles. The van der Waals surface area contributed by atoms with Gasteiger partial charge in [0.25, 0.3) is 0 Å². The number of phenolic OH excluding ortho intramolecular Hbond substituents is 1. The van der Waals surface area contributed by atoms with Gasteiger partial charge in [0.2, 0.25) is 0 Å². The second-order valence-electron chi connectivity index (χ2n) is 7.16. The third-order valence-electron chi connectivity index (χ3n) is 4.80. The monoisotopic (exact) mass is 355 g/mol. The van der Waals surface area contributed by atoms with Crippen LogP contribution in [-0.2, 0) is 11.2 Å². The molecule has 26 heavy (non-hydrogen) atoms. The number of phenols is 1. The molecule has 0 fully saturated rings. The summed E-state index contributed by atoms with van der Waals surface area (Å²) in [5, 5.41) is 22.5. The smallest absolute Gasteiger partial charge is 0.308 e. The lowest BCUT2D eigenvalue weighted by atomic mass is 9.85. The van der Waals surface area contributed by atoms with Gasteiger partial charge < -0.3 is 15.5 Å². The van der Waals surface area contributed by atoms with Crippen LogP contribution in [0.15, 0.2) is 54.6 Å². The van der Waals surface area contributed by atoms with Gasteiger partial charge in [-0.05, 0) is 54.5 Å². The summed E-state index contributed by atoms with van der Waals surface area (Å²) < 4.78 is 0. The first-order valence-corrected chi connectivity index (χ1v) is 9.23. The van der Waals surface area contributed by atoms with E-state index in [2.05, 4.69) is 19.2 Å². The lowest BCUT2D eigenvalue weighted by Crippen LogP contribution is -2.31. The van der Waals surface area contributed by atoms with Gasteiger partial charge in [-0.15, -0.1) is 0 Å². The van der Waals surface area contributed by atoms with Crippen molar-refractivity contribution in [3.05, 3.63) is 65.7 Å². The normalized spacial score (nSPS) is 13.5. The summed E-state index contributed by atoms with van der Waals surface area (Å²) in [5.41, 5.74) is 2.17. The molecule has 0 saturated heterocycles. The quantitative estimate of drug-likeness (QED) is 0.562. The van der Waals surface area contributed by atoms with Gasteiger partial charge in [0.05, 0.1) is 5.92 Å². The molecule has 140 valence electrons. The van der Waals surface area contributed by atoms with Crippen molar-refractivity contribution in [1.29, 1.82) is 0 Å². The molecule has 3 N–H and O–H groups in total. The zero-order valence-corrected chi connectivity index (χ0v) is 15.6. The highest BCUT2D eigenvalue weighted by molar-refractivity contribution is 5.70. The van der Waals surface area contributed by atoms with Gasteiger partial charge in [-0.3, -0.25) is 4.79 Å². The largest absolute Gasteiger partial charge is 0.508 e. The minimum atomic E-state index is -0.769. The van der Waals surface area contributed by atoms with Gasteiger partial charge in [-0.2, -0.15) is 0 Å². The summed E-state index contributed by atoms with van der Waals surface area (Å²) >= 11 is 0. The Morgan fingerprint density at radius 1 is 1.08 bits per heavy atom. The molecule has 0 saturated carbocycles. The molecule has 1 unspecified atom stereocenters. The molecule has 2 aromatic rings. The molecule has 0 amide bonds. The SMILES string of the molecule is CC(C)C(CCNC[C@H](Cc1ccccc1)C(=O)O)c1cccc(O)c1. The van der Waals surface area contributed by atoms with E-state index >= 15 is 0 Å². The Morgan fingerprint density at radius 2 is 1.81 bits per heavy atom. The number of hydrogen-bond donors (Lipinski definition) is 3. The van der Waals surface area contributed by atoms with Crippen LogP contribution in [0.25, 0.3) is 0 Å². The zero-order valence-electron chi connectivity index (χ0n) is 15.6. The van der Waals surface area contributed by atoms with Crippen molar-refractivity contribution in [1.82, 2.24) is 5.32 Å². The lowest BCUT2D eigenvalue weighted by molar-refractivity contribution is -0.141. The third-order valence-corrected chi connectivity index (χ3v) is 4.80. The highest BCUT2D eigenvalue weighted by atomic mass is 16.4. The van der Waals surface area contributed by atoms with E-state index in [1.165, 1.54) is 0 Å². The summed E-state index contributed by atoms with van der Waals surface area (Å²) in [4.78, 5) is 11.5. The van der Waals surface area contributed by atoms with E-state index in [1.54, 1.807) is 6.07 Å². The fourth-order valence-corrected chi connectivity index (χ4v) is 3.32. The van der Waals surface area contributed by atoms with Gasteiger partial charge in [0.1, 0.15) is 5.75 Å². The van der Waals surface area contributed by atoms with Gasteiger partial charge in [0, 0.05) is 6.54 Å². The van der Waals surface area contributed by atoms with E-state index in [0.717, 1.165) is 24.1 Å². The van der Waals surface area contributed by atoms with Crippen LogP contribution in [-0.4, -0.2) is 29.3 Å². The van der Waals surface area contributed by atoms with Crippen LogP contribution < -0.4 is 5.32 Å². The number of aliphatic carboxylic acids is 1. The molecule has 0 spiro atoms. The topological polar surface area (TPSA) is 69.6 Å². The number of benzene rings is 2. The summed E-state index contributed by atoms with van der Waals surface area (Å²) in [6, 6.07) is 17.1. The molecule has 0 aliphatic rings. The molecule has 2 atom stereocenters. The van der Waals surface area contributed by atoms with Crippen LogP contribution in [0.2, 0.25) is 0 Å². The van der Waals surface area contributed by atoms with E-state index < -0.39 is 11.9 Å². The first kappa shape index (κ1) is 20.0. The Morgan fingerprint density at radius 3 is 2.42 bits per heavy atom. The first-order chi connectivity index (χ1) is 12.5. The molecule has 2 aromatic carbocycles. The average Bonchev–Trinajstić information content (AvgIpc) is 2.61. The Balaban J connectivity index is 1.87. The van der Waals surface area contributed by atoms with Gasteiger partial charge in [-0.1, -0.05) is 56.3 Å². The second-order valence-corrected chi connectivity index (χ2v) is 7.16. The molecule has 4 heteroatoms. The van der Waals surface area contributed by atoms with Crippen LogP contribution >= 0.6 is 0 Å². The van der Waals surface area contributed by atoms with Crippen LogP contribution in [0.5, 0.6) is 5.75 Å². The summed E-state index contributed by atoms with van der Waals surface area (Å²) in [6.45, 7) is 5.54. The predicted molar refractivity (Wildman–Crippen MR) is 104 cm³/mol. The number of carboxylic acid groups (broad SMARTS) is 1. The maximum absolute atomic E-state index is 11.5.